The highest BCUT2D eigenvalue weighted by Gasteiger charge is 2.14. The lowest BCUT2D eigenvalue weighted by molar-refractivity contribution is 0.237. The summed E-state index contributed by atoms with van der Waals surface area (Å²) in [6.07, 6.45) is 6.89. The Kier molecular flexibility index (Phi) is 8.83. The number of allylic oxidation sites excluding steroid dienone is 4. The first-order valence-electron chi connectivity index (χ1n) is 5.85. The number of nitrogens with one attached hydrogen (secondary N) is 1. The standard InChI is InChI=1S/C13H15NO2.C2H7N/c1-5-7-8-12-10(3)16-13(14-4)11(6-2)9-15-12;1-3-2/h5-8H,1-2,4,9H2,3H3;3H,1-2H3/b8-7-;. The minimum atomic E-state index is 0.367. The Morgan fingerprint density at radius 2 is 1.95 bits per heavy atom. The van der Waals surface area contributed by atoms with Crippen LogP contribution in [0, 0.1) is 0 Å². The molecular formula is C15H22N2O2. The fraction of sp³-hybridized carbons (Fsp3) is 0.267. The number of hydrogen-bond acceptors (Lipinski definition) is 4. The molecule has 0 amide bonds. The van der Waals surface area contributed by atoms with E-state index in [0.717, 1.165) is 5.57 Å². The normalized spacial score (nSPS) is 14.9. The van der Waals surface area contributed by atoms with Gasteiger partial charge in [0.25, 0.3) is 0 Å². The molecule has 0 aromatic rings. The van der Waals surface area contributed by atoms with Gasteiger partial charge < -0.3 is 14.8 Å². The molecule has 0 spiro atoms. The minimum Gasteiger partial charge on any atom is -0.485 e. The van der Waals surface area contributed by atoms with Crippen LogP contribution in [-0.4, -0.2) is 27.4 Å². The minimum absolute atomic E-state index is 0.367. The predicted molar refractivity (Wildman–Crippen MR) is 80.8 cm³/mol. The average Bonchev–Trinajstić information content (AvgIpc) is 2.56. The Morgan fingerprint density at radius 1 is 1.32 bits per heavy atom. The van der Waals surface area contributed by atoms with Crippen LogP contribution in [-0.2, 0) is 9.47 Å². The molecule has 1 rings (SSSR count). The Balaban J connectivity index is 0.000000982. The maximum absolute atomic E-state index is 5.56. The molecule has 0 aromatic carbocycles. The SMILES string of the molecule is C=C/C=C\C1=C(C)OC(N=C)=C(C=C)CO1.CNC. The van der Waals surface area contributed by atoms with Gasteiger partial charge in [0.1, 0.15) is 12.4 Å². The van der Waals surface area contributed by atoms with E-state index in [1.165, 1.54) is 0 Å². The van der Waals surface area contributed by atoms with E-state index >= 15 is 0 Å². The van der Waals surface area contributed by atoms with E-state index in [9.17, 15) is 0 Å². The molecule has 1 aliphatic rings. The Labute approximate surface area is 115 Å². The summed E-state index contributed by atoms with van der Waals surface area (Å²) in [5.74, 6) is 1.73. The van der Waals surface area contributed by atoms with Crippen molar-refractivity contribution in [2.75, 3.05) is 20.7 Å². The molecule has 1 heterocycles. The van der Waals surface area contributed by atoms with Crippen molar-refractivity contribution < 1.29 is 9.47 Å². The van der Waals surface area contributed by atoms with Gasteiger partial charge in [0.05, 0.1) is 5.57 Å². The number of rotatable bonds is 4. The molecular weight excluding hydrogens is 240 g/mol. The summed E-state index contributed by atoms with van der Waals surface area (Å²) < 4.78 is 11.1. The summed E-state index contributed by atoms with van der Waals surface area (Å²) in [6, 6.07) is 0. The summed E-state index contributed by atoms with van der Waals surface area (Å²) in [4.78, 5) is 3.80. The maximum Gasteiger partial charge on any atom is 0.224 e. The van der Waals surface area contributed by atoms with Gasteiger partial charge in [0.2, 0.25) is 5.88 Å². The molecule has 0 saturated heterocycles. The van der Waals surface area contributed by atoms with Gasteiger partial charge in [0.15, 0.2) is 5.76 Å². The fourth-order valence-electron chi connectivity index (χ4n) is 1.18. The van der Waals surface area contributed by atoms with Crippen molar-refractivity contribution >= 4 is 6.72 Å². The van der Waals surface area contributed by atoms with E-state index in [1.807, 2.05) is 14.1 Å². The van der Waals surface area contributed by atoms with Crippen molar-refractivity contribution in [1.82, 2.24) is 5.32 Å². The van der Waals surface area contributed by atoms with Crippen molar-refractivity contribution in [3.8, 4) is 0 Å². The number of ether oxygens (including phenoxy) is 2. The van der Waals surface area contributed by atoms with Crippen LogP contribution in [0.4, 0.5) is 0 Å². The van der Waals surface area contributed by atoms with Gasteiger partial charge in [-0.25, -0.2) is 4.99 Å². The number of hydrogen-bond donors (Lipinski definition) is 1. The largest absolute Gasteiger partial charge is 0.485 e. The van der Waals surface area contributed by atoms with E-state index in [4.69, 9.17) is 9.47 Å². The van der Waals surface area contributed by atoms with Crippen molar-refractivity contribution in [1.29, 1.82) is 0 Å². The summed E-state index contributed by atoms with van der Waals surface area (Å²) in [6.45, 7) is 12.9. The second-order valence-electron chi connectivity index (χ2n) is 3.60. The quantitative estimate of drug-likeness (QED) is 0.625. The third-order valence-corrected chi connectivity index (χ3v) is 2.03. The zero-order chi connectivity index (χ0) is 14.7. The monoisotopic (exact) mass is 262 g/mol. The smallest absolute Gasteiger partial charge is 0.224 e. The van der Waals surface area contributed by atoms with E-state index in [-0.39, 0.29) is 0 Å². The summed E-state index contributed by atoms with van der Waals surface area (Å²) >= 11 is 0. The molecule has 0 aliphatic carbocycles. The van der Waals surface area contributed by atoms with Crippen molar-refractivity contribution in [3.05, 3.63) is 60.4 Å². The highest BCUT2D eigenvalue weighted by molar-refractivity contribution is 5.34. The number of nitrogens with zero attached hydrogens (tertiary/aromatic N) is 1. The zero-order valence-corrected chi connectivity index (χ0v) is 11.9. The summed E-state index contributed by atoms with van der Waals surface area (Å²) in [7, 11) is 3.75. The van der Waals surface area contributed by atoms with Crippen LogP contribution >= 0.6 is 0 Å². The first-order valence-corrected chi connectivity index (χ1v) is 5.85. The van der Waals surface area contributed by atoms with Gasteiger partial charge in [-0.1, -0.05) is 31.4 Å². The van der Waals surface area contributed by atoms with Crippen LogP contribution in [0.5, 0.6) is 0 Å². The molecule has 1 aliphatic heterocycles. The lowest BCUT2D eigenvalue weighted by atomic mass is 10.3. The molecule has 104 valence electrons. The van der Waals surface area contributed by atoms with Crippen LogP contribution in [0.25, 0.3) is 0 Å². The maximum atomic E-state index is 5.56. The van der Waals surface area contributed by atoms with Gasteiger partial charge in [-0.3, -0.25) is 0 Å². The first-order chi connectivity index (χ1) is 9.14. The van der Waals surface area contributed by atoms with Gasteiger partial charge in [-0.15, -0.1) is 0 Å². The molecule has 0 bridgehead atoms. The molecule has 0 unspecified atom stereocenters. The van der Waals surface area contributed by atoms with Crippen LogP contribution in [0.15, 0.2) is 65.4 Å². The lowest BCUT2D eigenvalue weighted by Crippen LogP contribution is -1.95. The second kappa shape index (κ2) is 9.91. The Bertz CT molecular complexity index is 418. The van der Waals surface area contributed by atoms with Crippen molar-refractivity contribution in [2.24, 2.45) is 4.99 Å². The molecule has 0 saturated carbocycles. The topological polar surface area (TPSA) is 42.9 Å². The van der Waals surface area contributed by atoms with Crippen LogP contribution in [0.3, 0.4) is 0 Å². The lowest BCUT2D eigenvalue weighted by Gasteiger charge is -2.05. The van der Waals surface area contributed by atoms with Crippen LogP contribution in [0.2, 0.25) is 0 Å². The fourth-order valence-corrected chi connectivity index (χ4v) is 1.18. The Hall–Kier alpha value is -2.07. The van der Waals surface area contributed by atoms with E-state index < -0.39 is 0 Å². The van der Waals surface area contributed by atoms with Crippen LogP contribution in [0.1, 0.15) is 6.92 Å². The molecule has 0 atom stereocenters. The highest BCUT2D eigenvalue weighted by Crippen LogP contribution is 2.22. The first kappa shape index (κ1) is 16.9. The van der Waals surface area contributed by atoms with Gasteiger partial charge in [-0.05, 0) is 33.8 Å². The molecule has 0 aromatic heterocycles. The molecule has 1 N–H and O–H groups in total. The zero-order valence-electron chi connectivity index (χ0n) is 11.9. The third kappa shape index (κ3) is 5.88. The molecule has 0 radical (unpaired) electrons. The van der Waals surface area contributed by atoms with Gasteiger partial charge in [-0.2, -0.15) is 0 Å². The van der Waals surface area contributed by atoms with Gasteiger partial charge in [0, 0.05) is 0 Å². The van der Waals surface area contributed by atoms with E-state index in [0.29, 0.717) is 24.0 Å². The van der Waals surface area contributed by atoms with Crippen molar-refractivity contribution in [2.45, 2.75) is 6.92 Å². The number of aliphatic imine (C=N–C) groups is 1. The molecule has 0 fully saturated rings. The average molecular weight is 262 g/mol. The third-order valence-electron chi connectivity index (χ3n) is 2.03. The molecule has 19 heavy (non-hydrogen) atoms. The molecule has 4 heteroatoms. The van der Waals surface area contributed by atoms with E-state index in [1.54, 1.807) is 31.2 Å². The summed E-state index contributed by atoms with van der Waals surface area (Å²) in [5.41, 5.74) is 0.774. The summed E-state index contributed by atoms with van der Waals surface area (Å²) in [5, 5.41) is 2.75. The highest BCUT2D eigenvalue weighted by atomic mass is 16.5. The second-order valence-corrected chi connectivity index (χ2v) is 3.60. The van der Waals surface area contributed by atoms with Gasteiger partial charge >= 0.3 is 0 Å². The van der Waals surface area contributed by atoms with Crippen LogP contribution < -0.4 is 5.32 Å². The predicted octanol–water partition coefficient (Wildman–Crippen LogP) is 2.94. The Morgan fingerprint density at radius 3 is 2.42 bits per heavy atom. The molecule has 4 nitrogen and oxygen atoms in total. The van der Waals surface area contributed by atoms with E-state index in [2.05, 4.69) is 30.2 Å². The van der Waals surface area contributed by atoms with Crippen molar-refractivity contribution in [3.63, 3.8) is 0 Å².